The highest BCUT2D eigenvalue weighted by molar-refractivity contribution is 9.10. The van der Waals surface area contributed by atoms with Gasteiger partial charge in [0.2, 0.25) is 0 Å². The number of benzene rings is 2. The molecule has 0 heterocycles. The van der Waals surface area contributed by atoms with E-state index in [1.54, 1.807) is 6.07 Å². The Kier molecular flexibility index (Phi) is 5.02. The van der Waals surface area contributed by atoms with E-state index in [9.17, 15) is 4.79 Å². The van der Waals surface area contributed by atoms with E-state index in [2.05, 4.69) is 21.2 Å². The molecular formula is C17H18BrNO2. The Bertz CT molecular complexity index is 653. The molecule has 4 heteroatoms. The maximum absolute atomic E-state index is 12.4. The lowest BCUT2D eigenvalue weighted by Gasteiger charge is -2.15. The highest BCUT2D eigenvalue weighted by atomic mass is 79.9. The van der Waals surface area contributed by atoms with Crippen molar-refractivity contribution in [2.45, 2.75) is 26.9 Å². The first kappa shape index (κ1) is 15.6. The molecule has 2 rings (SSSR count). The van der Waals surface area contributed by atoms with E-state index in [-0.39, 0.29) is 12.0 Å². The van der Waals surface area contributed by atoms with Crippen molar-refractivity contribution >= 4 is 27.5 Å². The molecule has 0 atom stereocenters. The fourth-order valence-electron chi connectivity index (χ4n) is 1.97. The quantitative estimate of drug-likeness (QED) is 0.862. The van der Waals surface area contributed by atoms with Crippen molar-refractivity contribution in [3.63, 3.8) is 0 Å². The van der Waals surface area contributed by atoms with Gasteiger partial charge in [0.25, 0.3) is 5.91 Å². The molecule has 0 aliphatic heterocycles. The smallest absolute Gasteiger partial charge is 0.256 e. The number of halogens is 1. The topological polar surface area (TPSA) is 38.3 Å². The van der Waals surface area contributed by atoms with Crippen LogP contribution in [0.15, 0.2) is 46.9 Å². The number of hydrogen-bond acceptors (Lipinski definition) is 2. The number of rotatable bonds is 4. The molecule has 21 heavy (non-hydrogen) atoms. The van der Waals surface area contributed by atoms with Gasteiger partial charge in [-0.05, 0) is 50.6 Å². The van der Waals surface area contributed by atoms with Gasteiger partial charge >= 0.3 is 0 Å². The summed E-state index contributed by atoms with van der Waals surface area (Å²) in [4.78, 5) is 12.4. The van der Waals surface area contributed by atoms with E-state index in [0.717, 1.165) is 10.0 Å². The summed E-state index contributed by atoms with van der Waals surface area (Å²) in [5.41, 5.74) is 2.23. The van der Waals surface area contributed by atoms with E-state index in [1.807, 2.05) is 57.2 Å². The summed E-state index contributed by atoms with van der Waals surface area (Å²) < 4.78 is 6.63. The first-order chi connectivity index (χ1) is 9.99. The normalized spacial score (nSPS) is 10.5. The van der Waals surface area contributed by atoms with Crippen molar-refractivity contribution in [1.29, 1.82) is 0 Å². The Morgan fingerprint density at radius 1 is 1.14 bits per heavy atom. The molecular weight excluding hydrogens is 330 g/mol. The van der Waals surface area contributed by atoms with Crippen LogP contribution >= 0.6 is 15.9 Å². The van der Waals surface area contributed by atoms with Gasteiger partial charge in [-0.1, -0.05) is 34.1 Å². The molecule has 2 aromatic carbocycles. The summed E-state index contributed by atoms with van der Waals surface area (Å²) in [5, 5.41) is 2.92. The van der Waals surface area contributed by atoms with Gasteiger partial charge in [-0.15, -0.1) is 0 Å². The molecule has 0 spiro atoms. The van der Waals surface area contributed by atoms with Crippen LogP contribution in [0.25, 0.3) is 0 Å². The summed E-state index contributed by atoms with van der Waals surface area (Å²) >= 11 is 3.44. The van der Waals surface area contributed by atoms with Crippen molar-refractivity contribution in [3.05, 3.63) is 58.1 Å². The van der Waals surface area contributed by atoms with Gasteiger partial charge in [-0.3, -0.25) is 4.79 Å². The lowest BCUT2D eigenvalue weighted by atomic mass is 10.1. The monoisotopic (exact) mass is 347 g/mol. The van der Waals surface area contributed by atoms with Gasteiger partial charge in [-0.25, -0.2) is 0 Å². The number of para-hydroxylation sites is 2. The third-order valence-corrected chi connectivity index (χ3v) is 3.87. The van der Waals surface area contributed by atoms with E-state index in [0.29, 0.717) is 17.0 Å². The van der Waals surface area contributed by atoms with Crippen LogP contribution in [-0.4, -0.2) is 12.0 Å². The summed E-state index contributed by atoms with van der Waals surface area (Å²) in [6.07, 6.45) is 0.0515. The second-order valence-corrected chi connectivity index (χ2v) is 5.88. The van der Waals surface area contributed by atoms with E-state index in [1.165, 1.54) is 0 Å². The van der Waals surface area contributed by atoms with Crippen molar-refractivity contribution in [3.8, 4) is 5.75 Å². The molecule has 0 saturated heterocycles. The molecule has 0 radical (unpaired) electrons. The van der Waals surface area contributed by atoms with Gasteiger partial charge < -0.3 is 10.1 Å². The van der Waals surface area contributed by atoms with Crippen LogP contribution in [0.4, 0.5) is 5.69 Å². The molecule has 3 nitrogen and oxygen atoms in total. The molecule has 0 aliphatic rings. The molecule has 0 fully saturated rings. The largest absolute Gasteiger partial charge is 0.489 e. The molecule has 0 saturated carbocycles. The van der Waals surface area contributed by atoms with Crippen molar-refractivity contribution in [2.75, 3.05) is 5.32 Å². The van der Waals surface area contributed by atoms with E-state index in [4.69, 9.17) is 4.74 Å². The molecule has 1 N–H and O–H groups in total. The maximum Gasteiger partial charge on any atom is 0.256 e. The Hall–Kier alpha value is -1.81. The number of carbonyl (C=O) groups is 1. The predicted octanol–water partition coefficient (Wildman–Crippen LogP) is 4.80. The minimum Gasteiger partial charge on any atom is -0.489 e. The lowest BCUT2D eigenvalue weighted by Crippen LogP contribution is -2.15. The van der Waals surface area contributed by atoms with Crippen LogP contribution in [0.1, 0.15) is 29.8 Å². The lowest BCUT2D eigenvalue weighted by molar-refractivity contribution is 0.102. The number of carbonyl (C=O) groups excluding carboxylic acids is 1. The third-order valence-electron chi connectivity index (χ3n) is 3.01. The average Bonchev–Trinajstić information content (AvgIpc) is 2.43. The van der Waals surface area contributed by atoms with Crippen LogP contribution in [0, 0.1) is 6.92 Å². The van der Waals surface area contributed by atoms with Crippen molar-refractivity contribution in [1.82, 2.24) is 0 Å². The Labute approximate surface area is 133 Å². The molecule has 0 bridgehead atoms. The first-order valence-electron chi connectivity index (χ1n) is 6.81. The zero-order valence-corrected chi connectivity index (χ0v) is 13.9. The molecule has 110 valence electrons. The first-order valence-corrected chi connectivity index (χ1v) is 7.60. The minimum absolute atomic E-state index is 0.0515. The predicted molar refractivity (Wildman–Crippen MR) is 89.0 cm³/mol. The van der Waals surface area contributed by atoms with Gasteiger partial charge in [-0.2, -0.15) is 0 Å². The van der Waals surface area contributed by atoms with E-state index >= 15 is 0 Å². The fraction of sp³-hybridized carbons (Fsp3) is 0.235. The number of amides is 1. The maximum atomic E-state index is 12.4. The highest BCUT2D eigenvalue weighted by Crippen LogP contribution is 2.26. The summed E-state index contributed by atoms with van der Waals surface area (Å²) in [5.74, 6) is 0.530. The zero-order chi connectivity index (χ0) is 15.4. The summed E-state index contributed by atoms with van der Waals surface area (Å²) in [6, 6.07) is 13.0. The van der Waals surface area contributed by atoms with Crippen LogP contribution in [-0.2, 0) is 0 Å². The van der Waals surface area contributed by atoms with Gasteiger partial charge in [0, 0.05) is 10.0 Å². The summed E-state index contributed by atoms with van der Waals surface area (Å²) in [6.45, 7) is 5.82. The van der Waals surface area contributed by atoms with Gasteiger partial charge in [0.05, 0.1) is 11.8 Å². The molecule has 1 amide bonds. The zero-order valence-electron chi connectivity index (χ0n) is 12.3. The van der Waals surface area contributed by atoms with Crippen LogP contribution in [0.3, 0.4) is 0 Å². The SMILES string of the molecule is Cc1c(Br)cccc1C(=O)Nc1ccccc1OC(C)C. The number of nitrogens with one attached hydrogen (secondary N) is 1. The molecule has 0 unspecified atom stereocenters. The van der Waals surface area contributed by atoms with Gasteiger partial charge in [0.1, 0.15) is 5.75 Å². The second kappa shape index (κ2) is 6.76. The van der Waals surface area contributed by atoms with Crippen molar-refractivity contribution < 1.29 is 9.53 Å². The van der Waals surface area contributed by atoms with Crippen LogP contribution < -0.4 is 10.1 Å². The van der Waals surface area contributed by atoms with Crippen LogP contribution in [0.5, 0.6) is 5.75 Å². The van der Waals surface area contributed by atoms with Crippen LogP contribution in [0.2, 0.25) is 0 Å². The Morgan fingerprint density at radius 3 is 2.57 bits per heavy atom. The molecule has 0 aromatic heterocycles. The number of hydrogen-bond donors (Lipinski definition) is 1. The Balaban J connectivity index is 2.26. The Morgan fingerprint density at radius 2 is 1.86 bits per heavy atom. The standard InChI is InChI=1S/C17H18BrNO2/c1-11(2)21-16-10-5-4-9-15(16)19-17(20)13-7-6-8-14(18)12(13)3/h4-11H,1-3H3,(H,19,20). The number of anilines is 1. The number of ether oxygens (including phenoxy) is 1. The third kappa shape index (κ3) is 3.85. The minimum atomic E-state index is -0.145. The van der Waals surface area contributed by atoms with Crippen molar-refractivity contribution in [2.24, 2.45) is 0 Å². The molecule has 2 aromatic rings. The summed E-state index contributed by atoms with van der Waals surface area (Å²) in [7, 11) is 0. The fourth-order valence-corrected chi connectivity index (χ4v) is 2.34. The average molecular weight is 348 g/mol. The highest BCUT2D eigenvalue weighted by Gasteiger charge is 2.13. The van der Waals surface area contributed by atoms with Gasteiger partial charge in [0.15, 0.2) is 0 Å². The molecule has 0 aliphatic carbocycles. The van der Waals surface area contributed by atoms with E-state index < -0.39 is 0 Å². The second-order valence-electron chi connectivity index (χ2n) is 5.03.